The van der Waals surface area contributed by atoms with Crippen molar-refractivity contribution in [2.75, 3.05) is 13.1 Å². The summed E-state index contributed by atoms with van der Waals surface area (Å²) in [7, 11) is 0. The van der Waals surface area contributed by atoms with Crippen molar-refractivity contribution >= 4 is 11.3 Å². The Morgan fingerprint density at radius 2 is 1.87 bits per heavy atom. The third-order valence-electron chi connectivity index (χ3n) is 3.86. The molecule has 1 aliphatic rings. The summed E-state index contributed by atoms with van der Waals surface area (Å²) in [5, 5.41) is 3.07. The molecular formula is C16H17F3N2OS. The molecule has 0 N–H and O–H groups in total. The summed E-state index contributed by atoms with van der Waals surface area (Å²) in [6.07, 6.45) is -0.710. The average Bonchev–Trinajstić information content (AvgIpc) is 3.02. The second-order valence-corrected chi connectivity index (χ2v) is 6.52. The van der Waals surface area contributed by atoms with Crippen LogP contribution in [0.4, 0.5) is 13.2 Å². The number of ether oxygens (including phenoxy) is 1. The molecule has 0 amide bonds. The summed E-state index contributed by atoms with van der Waals surface area (Å²) in [6.45, 7) is 2.67. The average molecular weight is 342 g/mol. The number of benzene rings is 1. The Bertz CT molecular complexity index is 605. The molecule has 0 unspecified atom stereocenters. The fourth-order valence-electron chi connectivity index (χ4n) is 2.62. The Morgan fingerprint density at radius 3 is 2.43 bits per heavy atom. The highest BCUT2D eigenvalue weighted by Crippen LogP contribution is 2.30. The quantitative estimate of drug-likeness (QED) is 0.832. The van der Waals surface area contributed by atoms with E-state index in [-0.39, 0.29) is 6.10 Å². The maximum Gasteiger partial charge on any atom is 0.416 e. The first-order valence-electron chi connectivity index (χ1n) is 7.45. The molecule has 2 aromatic rings. The normalized spacial score (nSPS) is 17.3. The van der Waals surface area contributed by atoms with Gasteiger partial charge in [0.15, 0.2) is 0 Å². The Labute approximate surface area is 136 Å². The van der Waals surface area contributed by atoms with Crippen LogP contribution in [0.15, 0.2) is 35.8 Å². The Morgan fingerprint density at radius 1 is 1.17 bits per heavy atom. The van der Waals surface area contributed by atoms with Crippen molar-refractivity contribution < 1.29 is 17.9 Å². The molecule has 0 bridgehead atoms. The first kappa shape index (κ1) is 16.3. The van der Waals surface area contributed by atoms with Crippen LogP contribution in [0.3, 0.4) is 0 Å². The lowest BCUT2D eigenvalue weighted by atomic mass is 10.1. The third-order valence-corrected chi connectivity index (χ3v) is 4.63. The summed E-state index contributed by atoms with van der Waals surface area (Å²) < 4.78 is 43.4. The fraction of sp³-hybridized carbons (Fsp3) is 0.438. The highest BCUT2D eigenvalue weighted by Gasteiger charge is 2.30. The van der Waals surface area contributed by atoms with Gasteiger partial charge in [-0.25, -0.2) is 4.98 Å². The maximum absolute atomic E-state index is 12.5. The number of hydrogen-bond acceptors (Lipinski definition) is 4. The van der Waals surface area contributed by atoms with E-state index in [0.29, 0.717) is 5.75 Å². The van der Waals surface area contributed by atoms with Gasteiger partial charge in [0.2, 0.25) is 0 Å². The van der Waals surface area contributed by atoms with Gasteiger partial charge < -0.3 is 4.74 Å². The first-order chi connectivity index (χ1) is 11.0. The molecule has 0 radical (unpaired) electrons. The number of piperidine rings is 1. The van der Waals surface area contributed by atoms with E-state index < -0.39 is 11.7 Å². The van der Waals surface area contributed by atoms with E-state index in [9.17, 15) is 13.2 Å². The fourth-order valence-corrected chi connectivity index (χ4v) is 3.28. The van der Waals surface area contributed by atoms with Crippen LogP contribution in [-0.2, 0) is 12.7 Å². The van der Waals surface area contributed by atoms with Crippen molar-refractivity contribution in [1.29, 1.82) is 0 Å². The van der Waals surface area contributed by atoms with Gasteiger partial charge in [0.25, 0.3) is 0 Å². The molecule has 23 heavy (non-hydrogen) atoms. The maximum atomic E-state index is 12.5. The van der Waals surface area contributed by atoms with Crippen LogP contribution in [0, 0.1) is 0 Å². The Kier molecular flexibility index (Phi) is 4.87. The van der Waals surface area contributed by atoms with E-state index in [0.717, 1.165) is 49.6 Å². The molecule has 1 aromatic carbocycles. The zero-order valence-electron chi connectivity index (χ0n) is 12.4. The van der Waals surface area contributed by atoms with Crippen LogP contribution in [-0.4, -0.2) is 29.1 Å². The van der Waals surface area contributed by atoms with Crippen LogP contribution in [0.1, 0.15) is 23.4 Å². The standard InChI is InChI=1S/C16H17F3N2OS/c17-16(18,19)12-1-3-13(4-2-12)22-14-5-8-21(9-6-14)11-15-20-7-10-23-15/h1-4,7,10,14H,5-6,8-9,11H2. The third kappa shape index (κ3) is 4.45. The number of alkyl halides is 3. The second-order valence-electron chi connectivity index (χ2n) is 5.54. The highest BCUT2D eigenvalue weighted by molar-refractivity contribution is 7.09. The van der Waals surface area contributed by atoms with Gasteiger partial charge in [-0.15, -0.1) is 11.3 Å². The summed E-state index contributed by atoms with van der Waals surface area (Å²) >= 11 is 1.65. The molecule has 0 saturated carbocycles. The van der Waals surface area contributed by atoms with Crippen LogP contribution in [0.25, 0.3) is 0 Å². The van der Waals surface area contributed by atoms with E-state index in [1.165, 1.54) is 12.1 Å². The van der Waals surface area contributed by atoms with Crippen molar-refractivity contribution in [1.82, 2.24) is 9.88 Å². The summed E-state index contributed by atoms with van der Waals surface area (Å²) in [5.41, 5.74) is -0.650. The lowest BCUT2D eigenvalue weighted by Crippen LogP contribution is -2.37. The molecule has 7 heteroatoms. The van der Waals surface area contributed by atoms with Gasteiger partial charge in [-0.05, 0) is 37.1 Å². The van der Waals surface area contributed by atoms with E-state index in [1.54, 1.807) is 17.5 Å². The molecule has 0 atom stereocenters. The predicted molar refractivity (Wildman–Crippen MR) is 82.5 cm³/mol. The first-order valence-corrected chi connectivity index (χ1v) is 8.33. The minimum absolute atomic E-state index is 0.0549. The van der Waals surface area contributed by atoms with Gasteiger partial charge in [0.1, 0.15) is 16.9 Å². The summed E-state index contributed by atoms with van der Waals surface area (Å²) in [5.74, 6) is 0.497. The molecule has 1 fully saturated rings. The molecule has 3 nitrogen and oxygen atoms in total. The molecule has 1 aromatic heterocycles. The number of hydrogen-bond donors (Lipinski definition) is 0. The van der Waals surface area contributed by atoms with Gasteiger partial charge in [-0.1, -0.05) is 0 Å². The second kappa shape index (κ2) is 6.88. The summed E-state index contributed by atoms with van der Waals surface area (Å²) in [6, 6.07) is 4.91. The van der Waals surface area contributed by atoms with Crippen molar-refractivity contribution in [3.05, 3.63) is 46.4 Å². The smallest absolute Gasteiger partial charge is 0.416 e. The van der Waals surface area contributed by atoms with Crippen molar-refractivity contribution in [3.8, 4) is 5.75 Å². The van der Waals surface area contributed by atoms with E-state index >= 15 is 0 Å². The van der Waals surface area contributed by atoms with E-state index in [2.05, 4.69) is 9.88 Å². The molecule has 2 heterocycles. The molecule has 3 rings (SSSR count). The van der Waals surface area contributed by atoms with Gasteiger partial charge >= 0.3 is 6.18 Å². The van der Waals surface area contributed by atoms with Gasteiger partial charge in [-0.3, -0.25) is 4.90 Å². The highest BCUT2D eigenvalue weighted by atomic mass is 32.1. The summed E-state index contributed by atoms with van der Waals surface area (Å²) in [4.78, 5) is 6.60. The minimum atomic E-state index is -4.31. The molecule has 124 valence electrons. The lowest BCUT2D eigenvalue weighted by molar-refractivity contribution is -0.137. The van der Waals surface area contributed by atoms with Crippen LogP contribution >= 0.6 is 11.3 Å². The zero-order valence-corrected chi connectivity index (χ0v) is 13.2. The number of thiazole rings is 1. The van der Waals surface area contributed by atoms with Crippen molar-refractivity contribution in [3.63, 3.8) is 0 Å². The molecular weight excluding hydrogens is 325 g/mol. The Balaban J connectivity index is 1.48. The number of likely N-dealkylation sites (tertiary alicyclic amines) is 1. The molecule has 0 aliphatic carbocycles. The largest absolute Gasteiger partial charge is 0.490 e. The zero-order chi connectivity index (χ0) is 16.3. The van der Waals surface area contributed by atoms with E-state index in [1.807, 2.05) is 5.38 Å². The van der Waals surface area contributed by atoms with Crippen molar-refractivity contribution in [2.24, 2.45) is 0 Å². The number of nitrogens with zero attached hydrogens (tertiary/aromatic N) is 2. The minimum Gasteiger partial charge on any atom is -0.490 e. The Hall–Kier alpha value is -1.60. The SMILES string of the molecule is FC(F)(F)c1ccc(OC2CCN(Cc3nccs3)CC2)cc1. The topological polar surface area (TPSA) is 25.4 Å². The molecule has 0 spiro atoms. The number of aromatic nitrogens is 1. The van der Waals surface area contributed by atoms with Gasteiger partial charge in [-0.2, -0.15) is 13.2 Å². The van der Waals surface area contributed by atoms with Crippen LogP contribution in [0.5, 0.6) is 5.75 Å². The van der Waals surface area contributed by atoms with E-state index in [4.69, 9.17) is 4.74 Å². The molecule has 1 aliphatic heterocycles. The predicted octanol–water partition coefficient (Wildman–Crippen LogP) is 4.21. The number of halogens is 3. The van der Waals surface area contributed by atoms with Gasteiger partial charge in [0.05, 0.1) is 12.1 Å². The van der Waals surface area contributed by atoms with Crippen LogP contribution < -0.4 is 4.74 Å². The van der Waals surface area contributed by atoms with Crippen LogP contribution in [0.2, 0.25) is 0 Å². The van der Waals surface area contributed by atoms with Gasteiger partial charge in [0, 0.05) is 24.7 Å². The monoisotopic (exact) mass is 342 g/mol. The lowest BCUT2D eigenvalue weighted by Gasteiger charge is -2.31. The molecule has 1 saturated heterocycles. The number of rotatable bonds is 4. The van der Waals surface area contributed by atoms with Crippen molar-refractivity contribution in [2.45, 2.75) is 31.7 Å².